The van der Waals surface area contributed by atoms with Crippen molar-refractivity contribution in [3.63, 3.8) is 0 Å². The Bertz CT molecular complexity index is 323. The van der Waals surface area contributed by atoms with Gasteiger partial charge in [-0.25, -0.2) is 8.78 Å². The largest absolute Gasteiger partial charge is 0.328 e. The van der Waals surface area contributed by atoms with Gasteiger partial charge in [0.25, 0.3) is 0 Å². The van der Waals surface area contributed by atoms with Crippen LogP contribution in [0, 0.1) is 0 Å². The van der Waals surface area contributed by atoms with Gasteiger partial charge >= 0.3 is 0 Å². The molecule has 0 atom stereocenters. The van der Waals surface area contributed by atoms with Gasteiger partial charge < -0.3 is 5.73 Å². The van der Waals surface area contributed by atoms with Gasteiger partial charge in [0.15, 0.2) is 0 Å². The van der Waals surface area contributed by atoms with Crippen molar-refractivity contribution in [1.29, 1.82) is 0 Å². The Morgan fingerprint density at radius 3 is 2.25 bits per heavy atom. The van der Waals surface area contributed by atoms with Crippen LogP contribution in [-0.2, 0) is 5.41 Å². The number of benzene rings is 1. The smallest absolute Gasteiger partial charge is 0.239 e. The fourth-order valence-electron chi connectivity index (χ4n) is 2.55. The Hall–Kier alpha value is -0.670. The van der Waals surface area contributed by atoms with Crippen molar-refractivity contribution in [3.05, 3.63) is 35.9 Å². The minimum Gasteiger partial charge on any atom is -0.328 e. The van der Waals surface area contributed by atoms with Crippen molar-refractivity contribution >= 4 is 12.4 Å². The summed E-state index contributed by atoms with van der Waals surface area (Å²) in [4.78, 5) is 0. The minimum atomic E-state index is -2.25. The lowest BCUT2D eigenvalue weighted by atomic mass is 9.60. The van der Waals surface area contributed by atoms with Crippen LogP contribution < -0.4 is 5.73 Å². The third-order valence-corrected chi connectivity index (χ3v) is 3.24. The molecule has 1 aromatic carbocycles. The molecule has 1 fully saturated rings. The maximum atomic E-state index is 12.5. The van der Waals surface area contributed by atoms with E-state index in [1.54, 1.807) is 0 Å². The van der Waals surface area contributed by atoms with E-state index in [1.165, 1.54) is 0 Å². The number of hydrogen-bond donors (Lipinski definition) is 1. The van der Waals surface area contributed by atoms with Crippen LogP contribution in [-0.4, -0.2) is 12.5 Å². The lowest BCUT2D eigenvalue weighted by molar-refractivity contribution is 0.0620. The molecule has 0 saturated heterocycles. The lowest BCUT2D eigenvalue weighted by Crippen LogP contribution is -2.50. The van der Waals surface area contributed by atoms with Crippen LogP contribution in [0.2, 0.25) is 0 Å². The highest BCUT2D eigenvalue weighted by Crippen LogP contribution is 2.47. The molecule has 2 rings (SSSR count). The van der Waals surface area contributed by atoms with E-state index in [-0.39, 0.29) is 30.3 Å². The second kappa shape index (κ2) is 5.11. The zero-order valence-electron chi connectivity index (χ0n) is 8.90. The average molecular weight is 248 g/mol. The molecule has 4 heteroatoms. The highest BCUT2D eigenvalue weighted by atomic mass is 35.5. The van der Waals surface area contributed by atoms with E-state index in [4.69, 9.17) is 5.73 Å². The standard InChI is InChI=1S/C12H15F2N.ClH/c13-11(14)8-12(6-10(15)7-12)9-4-2-1-3-5-9;/h1-5,10-11H,6-8,15H2;1H. The zero-order chi connectivity index (χ0) is 10.9. The fourth-order valence-corrected chi connectivity index (χ4v) is 2.55. The van der Waals surface area contributed by atoms with E-state index in [9.17, 15) is 8.78 Å². The molecule has 2 N–H and O–H groups in total. The first-order valence-electron chi connectivity index (χ1n) is 5.22. The second-order valence-corrected chi connectivity index (χ2v) is 4.41. The van der Waals surface area contributed by atoms with E-state index >= 15 is 0 Å². The summed E-state index contributed by atoms with van der Waals surface area (Å²) >= 11 is 0. The number of nitrogens with two attached hydrogens (primary N) is 1. The Kier molecular flexibility index (Phi) is 4.28. The van der Waals surface area contributed by atoms with Gasteiger partial charge in [-0.1, -0.05) is 30.3 Å². The van der Waals surface area contributed by atoms with E-state index in [0.29, 0.717) is 12.8 Å². The molecular weight excluding hydrogens is 232 g/mol. The second-order valence-electron chi connectivity index (χ2n) is 4.41. The van der Waals surface area contributed by atoms with Crippen LogP contribution in [0.3, 0.4) is 0 Å². The Morgan fingerprint density at radius 1 is 1.25 bits per heavy atom. The zero-order valence-corrected chi connectivity index (χ0v) is 9.72. The highest BCUT2D eigenvalue weighted by Gasteiger charge is 2.45. The summed E-state index contributed by atoms with van der Waals surface area (Å²) in [5.74, 6) is 0. The maximum Gasteiger partial charge on any atom is 0.239 e. The summed E-state index contributed by atoms with van der Waals surface area (Å²) in [7, 11) is 0. The van der Waals surface area contributed by atoms with Crippen molar-refractivity contribution < 1.29 is 8.78 Å². The normalized spacial score (nSPS) is 28.4. The van der Waals surface area contributed by atoms with Gasteiger partial charge in [-0.3, -0.25) is 0 Å². The van der Waals surface area contributed by atoms with Crippen molar-refractivity contribution in [3.8, 4) is 0 Å². The average Bonchev–Trinajstić information content (AvgIpc) is 2.15. The van der Waals surface area contributed by atoms with Crippen LogP contribution in [0.1, 0.15) is 24.8 Å². The molecule has 0 spiro atoms. The monoisotopic (exact) mass is 247 g/mol. The lowest BCUT2D eigenvalue weighted by Gasteiger charge is -2.46. The SMILES string of the molecule is Cl.NC1CC(CC(F)F)(c2ccccc2)C1. The van der Waals surface area contributed by atoms with Crippen molar-refractivity contribution in [2.75, 3.05) is 0 Å². The number of rotatable bonds is 3. The molecule has 1 aliphatic carbocycles. The topological polar surface area (TPSA) is 26.0 Å². The molecule has 1 nitrogen and oxygen atoms in total. The molecule has 90 valence electrons. The van der Waals surface area contributed by atoms with Gasteiger partial charge in [0, 0.05) is 17.9 Å². The molecule has 1 aromatic rings. The van der Waals surface area contributed by atoms with Gasteiger partial charge in [0.1, 0.15) is 0 Å². The highest BCUT2D eigenvalue weighted by molar-refractivity contribution is 5.85. The molecule has 1 saturated carbocycles. The van der Waals surface area contributed by atoms with E-state index in [0.717, 1.165) is 5.56 Å². The van der Waals surface area contributed by atoms with Crippen molar-refractivity contribution in [2.24, 2.45) is 5.73 Å². The maximum absolute atomic E-state index is 12.5. The predicted molar refractivity (Wildman–Crippen MR) is 63.2 cm³/mol. The minimum absolute atomic E-state index is 0. The molecule has 0 heterocycles. The molecule has 0 aromatic heterocycles. The van der Waals surface area contributed by atoms with Gasteiger partial charge in [0.05, 0.1) is 0 Å². The summed E-state index contributed by atoms with van der Waals surface area (Å²) in [5, 5.41) is 0. The Labute approximate surface area is 100 Å². The predicted octanol–water partition coefficient (Wildman–Crippen LogP) is 3.12. The first-order valence-corrected chi connectivity index (χ1v) is 5.22. The molecule has 0 amide bonds. The third-order valence-electron chi connectivity index (χ3n) is 3.24. The van der Waals surface area contributed by atoms with Crippen molar-refractivity contribution in [1.82, 2.24) is 0 Å². The quantitative estimate of drug-likeness (QED) is 0.873. The van der Waals surface area contributed by atoms with Gasteiger partial charge in [-0.15, -0.1) is 12.4 Å². The van der Waals surface area contributed by atoms with Crippen molar-refractivity contribution in [2.45, 2.75) is 37.1 Å². The molecule has 0 unspecified atom stereocenters. The number of hydrogen-bond acceptors (Lipinski definition) is 1. The van der Waals surface area contributed by atoms with Crippen LogP contribution in [0.15, 0.2) is 30.3 Å². The van der Waals surface area contributed by atoms with E-state index < -0.39 is 6.43 Å². The Balaban J connectivity index is 0.00000128. The summed E-state index contributed by atoms with van der Waals surface area (Å²) in [6, 6.07) is 9.63. The summed E-state index contributed by atoms with van der Waals surface area (Å²) in [6.07, 6.45) is -0.953. The van der Waals surface area contributed by atoms with E-state index in [2.05, 4.69) is 0 Å². The first-order chi connectivity index (χ1) is 7.12. The summed E-state index contributed by atoms with van der Waals surface area (Å²) < 4.78 is 25.0. The third kappa shape index (κ3) is 2.53. The van der Waals surface area contributed by atoms with Crippen LogP contribution in [0.4, 0.5) is 8.78 Å². The number of halogens is 3. The van der Waals surface area contributed by atoms with Crippen LogP contribution >= 0.6 is 12.4 Å². The first kappa shape index (κ1) is 13.4. The van der Waals surface area contributed by atoms with Crippen LogP contribution in [0.25, 0.3) is 0 Å². The molecule has 0 bridgehead atoms. The van der Waals surface area contributed by atoms with Gasteiger partial charge in [-0.2, -0.15) is 0 Å². The molecule has 1 aliphatic rings. The Morgan fingerprint density at radius 2 is 1.81 bits per heavy atom. The molecule has 16 heavy (non-hydrogen) atoms. The molecule has 0 radical (unpaired) electrons. The van der Waals surface area contributed by atoms with E-state index in [1.807, 2.05) is 30.3 Å². The van der Waals surface area contributed by atoms with Crippen LogP contribution in [0.5, 0.6) is 0 Å². The summed E-state index contributed by atoms with van der Waals surface area (Å²) in [6.45, 7) is 0. The van der Waals surface area contributed by atoms with Gasteiger partial charge in [0.2, 0.25) is 6.43 Å². The molecular formula is C12H16ClF2N. The van der Waals surface area contributed by atoms with Gasteiger partial charge in [-0.05, 0) is 18.4 Å². The summed E-state index contributed by atoms with van der Waals surface area (Å²) in [5.41, 5.74) is 6.36. The fraction of sp³-hybridized carbons (Fsp3) is 0.500. The molecule has 0 aliphatic heterocycles. The number of alkyl halides is 2.